The van der Waals surface area contributed by atoms with Crippen LogP contribution in [0.1, 0.15) is 25.5 Å². The second kappa shape index (κ2) is 5.44. The van der Waals surface area contributed by atoms with Crippen LogP contribution in [0.4, 0.5) is 18.9 Å². The Morgan fingerprint density at radius 3 is 2.55 bits per heavy atom. The number of benzene rings is 1. The molecule has 0 saturated carbocycles. The lowest BCUT2D eigenvalue weighted by molar-refractivity contribution is -0.0521. The maximum Gasteiger partial charge on any atom is 0.387 e. The molecule has 0 bridgehead atoms. The van der Waals surface area contributed by atoms with Crippen molar-refractivity contribution in [3.05, 3.63) is 35.9 Å². The highest BCUT2D eigenvalue weighted by molar-refractivity contribution is 5.60. The molecule has 0 amide bonds. The molecule has 0 aliphatic rings. The number of nitrogens with two attached hydrogens (primary N) is 1. The largest absolute Gasteiger partial charge is 0.432 e. The standard InChI is InChI=1S/C13H14F3N3O/c1-7(2)10-3-4-19(18-10)11-6-12(20-13(15)16)8(14)5-9(11)17/h3-7,13H,17H2,1-2H3. The van der Waals surface area contributed by atoms with Crippen molar-refractivity contribution in [3.8, 4) is 11.4 Å². The minimum atomic E-state index is -3.11. The van der Waals surface area contributed by atoms with E-state index in [1.165, 1.54) is 4.68 Å². The van der Waals surface area contributed by atoms with Gasteiger partial charge in [0, 0.05) is 18.3 Å². The van der Waals surface area contributed by atoms with Crippen LogP contribution in [0.25, 0.3) is 5.69 Å². The maximum atomic E-state index is 13.5. The fraction of sp³-hybridized carbons (Fsp3) is 0.308. The summed E-state index contributed by atoms with van der Waals surface area (Å²) < 4.78 is 43.4. The van der Waals surface area contributed by atoms with Crippen molar-refractivity contribution in [1.82, 2.24) is 9.78 Å². The summed E-state index contributed by atoms with van der Waals surface area (Å²) in [5.74, 6) is -1.30. The van der Waals surface area contributed by atoms with Crippen LogP contribution >= 0.6 is 0 Å². The number of ether oxygens (including phenoxy) is 1. The number of hydrogen-bond acceptors (Lipinski definition) is 3. The van der Waals surface area contributed by atoms with E-state index in [1.807, 2.05) is 13.8 Å². The predicted molar refractivity (Wildman–Crippen MR) is 68.7 cm³/mol. The molecule has 0 saturated heterocycles. The normalized spacial score (nSPS) is 11.3. The SMILES string of the molecule is CC(C)c1ccn(-c2cc(OC(F)F)c(F)cc2N)n1. The van der Waals surface area contributed by atoms with Gasteiger partial charge in [-0.05, 0) is 12.0 Å². The van der Waals surface area contributed by atoms with Gasteiger partial charge in [0.1, 0.15) is 0 Å². The Balaban J connectivity index is 2.44. The third-order valence-electron chi connectivity index (χ3n) is 2.75. The van der Waals surface area contributed by atoms with E-state index in [-0.39, 0.29) is 17.3 Å². The van der Waals surface area contributed by atoms with E-state index in [1.54, 1.807) is 12.3 Å². The molecule has 0 atom stereocenters. The highest BCUT2D eigenvalue weighted by Crippen LogP contribution is 2.28. The van der Waals surface area contributed by atoms with Crippen molar-refractivity contribution in [2.24, 2.45) is 0 Å². The number of nitrogens with zero attached hydrogens (tertiary/aromatic N) is 2. The van der Waals surface area contributed by atoms with Gasteiger partial charge in [-0.2, -0.15) is 13.9 Å². The predicted octanol–water partition coefficient (Wildman–Crippen LogP) is 3.32. The van der Waals surface area contributed by atoms with E-state index >= 15 is 0 Å². The van der Waals surface area contributed by atoms with Gasteiger partial charge in [-0.3, -0.25) is 0 Å². The van der Waals surface area contributed by atoms with E-state index < -0.39 is 18.2 Å². The highest BCUT2D eigenvalue weighted by atomic mass is 19.3. The van der Waals surface area contributed by atoms with Gasteiger partial charge in [0.2, 0.25) is 0 Å². The molecule has 2 N–H and O–H groups in total. The summed E-state index contributed by atoms with van der Waals surface area (Å²) in [7, 11) is 0. The van der Waals surface area contributed by atoms with Crippen LogP contribution in [0.5, 0.6) is 5.75 Å². The molecule has 1 aromatic carbocycles. The molecule has 108 valence electrons. The Bertz CT molecular complexity index is 611. The molecule has 0 spiro atoms. The summed E-state index contributed by atoms with van der Waals surface area (Å²) in [5.41, 5.74) is 6.88. The first-order valence-corrected chi connectivity index (χ1v) is 5.98. The zero-order valence-electron chi connectivity index (χ0n) is 11.0. The fourth-order valence-electron chi connectivity index (χ4n) is 1.72. The van der Waals surface area contributed by atoms with Gasteiger partial charge < -0.3 is 10.5 Å². The topological polar surface area (TPSA) is 53.1 Å². The molecule has 0 radical (unpaired) electrons. The van der Waals surface area contributed by atoms with Gasteiger partial charge in [-0.1, -0.05) is 13.8 Å². The molecular formula is C13H14F3N3O. The van der Waals surface area contributed by atoms with Gasteiger partial charge in [-0.15, -0.1) is 0 Å². The van der Waals surface area contributed by atoms with Gasteiger partial charge in [0.05, 0.1) is 17.1 Å². The van der Waals surface area contributed by atoms with Crippen LogP contribution in [-0.4, -0.2) is 16.4 Å². The van der Waals surface area contributed by atoms with Crippen LogP contribution in [0.15, 0.2) is 24.4 Å². The summed E-state index contributed by atoms with van der Waals surface area (Å²) in [6.07, 6.45) is 1.63. The molecule has 0 fully saturated rings. The quantitative estimate of drug-likeness (QED) is 0.877. The van der Waals surface area contributed by atoms with Gasteiger partial charge >= 0.3 is 6.61 Å². The van der Waals surface area contributed by atoms with Crippen molar-refractivity contribution < 1.29 is 17.9 Å². The Labute approximate surface area is 114 Å². The molecule has 0 aliphatic heterocycles. The second-order valence-corrected chi connectivity index (χ2v) is 4.56. The summed E-state index contributed by atoms with van der Waals surface area (Å²) in [4.78, 5) is 0. The van der Waals surface area contributed by atoms with Crippen molar-refractivity contribution in [2.75, 3.05) is 5.73 Å². The van der Waals surface area contributed by atoms with Crippen molar-refractivity contribution in [2.45, 2.75) is 26.4 Å². The molecule has 0 unspecified atom stereocenters. The Morgan fingerprint density at radius 1 is 1.30 bits per heavy atom. The minimum absolute atomic E-state index is 0.0857. The molecule has 4 nitrogen and oxygen atoms in total. The monoisotopic (exact) mass is 285 g/mol. The number of hydrogen-bond donors (Lipinski definition) is 1. The zero-order valence-corrected chi connectivity index (χ0v) is 11.0. The summed E-state index contributed by atoms with van der Waals surface area (Å²) in [6, 6.07) is 3.82. The molecule has 7 heteroatoms. The molecule has 2 aromatic rings. The molecule has 1 aromatic heterocycles. The van der Waals surface area contributed by atoms with Crippen LogP contribution in [0.3, 0.4) is 0 Å². The summed E-state index contributed by atoms with van der Waals surface area (Å²) in [5, 5.41) is 4.26. The fourth-order valence-corrected chi connectivity index (χ4v) is 1.72. The average molecular weight is 285 g/mol. The van der Waals surface area contributed by atoms with E-state index in [0.717, 1.165) is 17.8 Å². The molecular weight excluding hydrogens is 271 g/mol. The van der Waals surface area contributed by atoms with E-state index in [0.29, 0.717) is 0 Å². The first-order chi connectivity index (χ1) is 9.38. The average Bonchev–Trinajstić information content (AvgIpc) is 2.81. The first kappa shape index (κ1) is 14.2. The lowest BCUT2D eigenvalue weighted by Gasteiger charge is -2.11. The molecule has 1 heterocycles. The third-order valence-corrected chi connectivity index (χ3v) is 2.75. The van der Waals surface area contributed by atoms with Gasteiger partial charge in [0.25, 0.3) is 0 Å². The number of anilines is 1. The van der Waals surface area contributed by atoms with Crippen LogP contribution in [0, 0.1) is 5.82 Å². The highest BCUT2D eigenvalue weighted by Gasteiger charge is 2.15. The Kier molecular flexibility index (Phi) is 3.87. The molecule has 20 heavy (non-hydrogen) atoms. The van der Waals surface area contributed by atoms with E-state index in [2.05, 4.69) is 9.84 Å². The van der Waals surface area contributed by atoms with Gasteiger partial charge in [0.15, 0.2) is 11.6 Å². The van der Waals surface area contributed by atoms with Crippen LogP contribution < -0.4 is 10.5 Å². The van der Waals surface area contributed by atoms with Gasteiger partial charge in [-0.25, -0.2) is 9.07 Å². The summed E-state index contributed by atoms with van der Waals surface area (Å²) in [6.45, 7) is 0.822. The van der Waals surface area contributed by atoms with Crippen molar-refractivity contribution in [1.29, 1.82) is 0 Å². The maximum absolute atomic E-state index is 13.5. The first-order valence-electron chi connectivity index (χ1n) is 5.98. The smallest absolute Gasteiger partial charge is 0.387 e. The molecule has 2 rings (SSSR count). The lowest BCUT2D eigenvalue weighted by atomic mass is 10.1. The van der Waals surface area contributed by atoms with E-state index in [9.17, 15) is 13.2 Å². The van der Waals surface area contributed by atoms with Crippen LogP contribution in [0.2, 0.25) is 0 Å². The second-order valence-electron chi connectivity index (χ2n) is 4.56. The Hall–Kier alpha value is -2.18. The number of halogens is 3. The lowest BCUT2D eigenvalue weighted by Crippen LogP contribution is -2.07. The minimum Gasteiger partial charge on any atom is -0.432 e. The van der Waals surface area contributed by atoms with Crippen molar-refractivity contribution in [3.63, 3.8) is 0 Å². The van der Waals surface area contributed by atoms with Crippen molar-refractivity contribution >= 4 is 5.69 Å². The van der Waals surface area contributed by atoms with E-state index in [4.69, 9.17) is 5.73 Å². The number of nitrogen functional groups attached to an aromatic ring is 1. The third kappa shape index (κ3) is 2.87. The van der Waals surface area contributed by atoms with Crippen LogP contribution in [-0.2, 0) is 0 Å². The number of rotatable bonds is 4. The Morgan fingerprint density at radius 2 is 2.00 bits per heavy atom. The number of aromatic nitrogens is 2. The molecule has 0 aliphatic carbocycles. The zero-order chi connectivity index (χ0) is 14.9. The summed E-state index contributed by atoms with van der Waals surface area (Å²) >= 11 is 0. The number of alkyl halides is 2.